The van der Waals surface area contributed by atoms with Crippen LogP contribution in [0.5, 0.6) is 5.75 Å². The number of nitrogens with one attached hydrogen (secondary N) is 1. The molecule has 0 spiro atoms. The van der Waals surface area contributed by atoms with Crippen molar-refractivity contribution in [1.29, 1.82) is 0 Å². The van der Waals surface area contributed by atoms with Crippen molar-refractivity contribution in [2.75, 3.05) is 19.7 Å². The minimum absolute atomic E-state index is 0.331. The number of sulfonamides is 1. The molecule has 148 valence electrons. The molecular formula is C22H26N2O3S. The third-order valence-corrected chi connectivity index (χ3v) is 7.49. The van der Waals surface area contributed by atoms with Crippen molar-refractivity contribution in [3.8, 4) is 5.75 Å². The molecule has 1 aliphatic rings. The molecule has 1 aliphatic heterocycles. The molecule has 1 aromatic heterocycles. The predicted molar refractivity (Wildman–Crippen MR) is 111 cm³/mol. The first kappa shape index (κ1) is 19.0. The maximum atomic E-state index is 13.0. The number of hydrogen-bond donors (Lipinski definition) is 1. The first-order valence-electron chi connectivity index (χ1n) is 9.81. The molecule has 0 bridgehead atoms. The summed E-state index contributed by atoms with van der Waals surface area (Å²) in [5, 5.41) is 1.26. The van der Waals surface area contributed by atoms with Crippen LogP contribution in [0.2, 0.25) is 0 Å². The number of rotatable bonds is 5. The number of nitrogens with zero attached hydrogens (tertiary/aromatic N) is 1. The summed E-state index contributed by atoms with van der Waals surface area (Å²) in [6, 6.07) is 15.1. The Kier molecular flexibility index (Phi) is 5.17. The van der Waals surface area contributed by atoms with Gasteiger partial charge in [-0.3, -0.25) is 0 Å². The van der Waals surface area contributed by atoms with Crippen molar-refractivity contribution >= 4 is 20.9 Å². The maximum absolute atomic E-state index is 13.0. The summed E-state index contributed by atoms with van der Waals surface area (Å²) in [5.41, 5.74) is 3.68. The highest BCUT2D eigenvalue weighted by Crippen LogP contribution is 2.36. The van der Waals surface area contributed by atoms with Gasteiger partial charge in [0.1, 0.15) is 5.75 Å². The van der Waals surface area contributed by atoms with Crippen molar-refractivity contribution in [3.63, 3.8) is 0 Å². The zero-order valence-electron chi connectivity index (χ0n) is 16.3. The van der Waals surface area contributed by atoms with Crippen molar-refractivity contribution in [2.45, 2.75) is 37.5 Å². The minimum atomic E-state index is -3.47. The van der Waals surface area contributed by atoms with Crippen molar-refractivity contribution in [2.24, 2.45) is 0 Å². The van der Waals surface area contributed by atoms with E-state index in [1.807, 2.05) is 13.0 Å². The lowest BCUT2D eigenvalue weighted by Crippen LogP contribution is -2.37. The number of aromatic nitrogens is 1. The summed E-state index contributed by atoms with van der Waals surface area (Å²) in [4.78, 5) is 3.79. The van der Waals surface area contributed by atoms with Gasteiger partial charge in [0.25, 0.3) is 0 Å². The van der Waals surface area contributed by atoms with Gasteiger partial charge in [0, 0.05) is 29.7 Å². The highest BCUT2D eigenvalue weighted by Gasteiger charge is 2.31. The van der Waals surface area contributed by atoms with E-state index in [0.717, 1.165) is 18.4 Å². The lowest BCUT2D eigenvalue weighted by Gasteiger charge is -2.31. The largest absolute Gasteiger partial charge is 0.494 e. The molecule has 1 saturated heterocycles. The van der Waals surface area contributed by atoms with Gasteiger partial charge in [-0.15, -0.1) is 0 Å². The van der Waals surface area contributed by atoms with Gasteiger partial charge in [-0.25, -0.2) is 8.42 Å². The van der Waals surface area contributed by atoms with Crippen LogP contribution in [0.15, 0.2) is 53.4 Å². The Bertz CT molecular complexity index is 1060. The molecule has 4 rings (SSSR count). The summed E-state index contributed by atoms with van der Waals surface area (Å²) in [6.45, 7) is 5.66. The molecule has 0 unspecified atom stereocenters. The van der Waals surface area contributed by atoms with Gasteiger partial charge in [0.2, 0.25) is 10.0 Å². The molecule has 2 heterocycles. The zero-order valence-corrected chi connectivity index (χ0v) is 17.1. The van der Waals surface area contributed by atoms with Crippen LogP contribution in [0.25, 0.3) is 10.9 Å². The van der Waals surface area contributed by atoms with Crippen LogP contribution < -0.4 is 4.74 Å². The molecule has 0 radical (unpaired) electrons. The average molecular weight is 399 g/mol. The van der Waals surface area contributed by atoms with Gasteiger partial charge in [-0.1, -0.05) is 18.2 Å². The highest BCUT2D eigenvalue weighted by atomic mass is 32.2. The summed E-state index contributed by atoms with van der Waals surface area (Å²) >= 11 is 0. The second-order valence-electron chi connectivity index (χ2n) is 7.29. The molecule has 1 fully saturated rings. The highest BCUT2D eigenvalue weighted by molar-refractivity contribution is 7.89. The topological polar surface area (TPSA) is 62.4 Å². The molecule has 0 atom stereocenters. The Labute approximate surface area is 166 Å². The number of para-hydroxylation sites is 1. The first-order chi connectivity index (χ1) is 13.5. The van der Waals surface area contributed by atoms with E-state index in [1.54, 1.807) is 28.6 Å². The van der Waals surface area contributed by atoms with Crippen LogP contribution in [0.1, 0.15) is 36.9 Å². The number of ether oxygens (including phenoxy) is 1. The zero-order chi connectivity index (χ0) is 19.7. The van der Waals surface area contributed by atoms with Crippen molar-refractivity contribution in [3.05, 3.63) is 59.8 Å². The van der Waals surface area contributed by atoms with E-state index in [0.29, 0.717) is 36.3 Å². The molecule has 3 aromatic rings. The Morgan fingerprint density at radius 3 is 2.43 bits per heavy atom. The predicted octanol–water partition coefficient (Wildman–Crippen LogP) is 4.44. The second kappa shape index (κ2) is 7.60. The molecule has 1 N–H and O–H groups in total. The smallest absolute Gasteiger partial charge is 0.243 e. The molecule has 5 nitrogen and oxygen atoms in total. The van der Waals surface area contributed by atoms with E-state index in [-0.39, 0.29) is 0 Å². The lowest BCUT2D eigenvalue weighted by molar-refractivity contribution is 0.319. The SMILES string of the molecule is CCOc1ccc(S(=O)(=O)N2CCC(c3c(C)[nH]c4ccccc34)CC2)cc1. The van der Waals surface area contributed by atoms with E-state index in [4.69, 9.17) is 4.74 Å². The van der Waals surface area contributed by atoms with Gasteiger partial charge in [0.15, 0.2) is 0 Å². The van der Waals surface area contributed by atoms with Gasteiger partial charge < -0.3 is 9.72 Å². The van der Waals surface area contributed by atoms with Crippen molar-refractivity contribution in [1.82, 2.24) is 9.29 Å². The second-order valence-corrected chi connectivity index (χ2v) is 9.23. The van der Waals surface area contributed by atoms with E-state index in [9.17, 15) is 8.42 Å². The standard InChI is InChI=1S/C22H26N2O3S/c1-3-27-18-8-10-19(11-9-18)28(25,26)24-14-12-17(13-15-24)22-16(2)23-21-7-5-4-6-20(21)22/h4-11,17,23H,3,12-15H2,1-2H3. The van der Waals surface area contributed by atoms with Crippen LogP contribution in [-0.2, 0) is 10.0 Å². The van der Waals surface area contributed by atoms with Crippen LogP contribution in [0, 0.1) is 6.92 Å². The molecule has 0 amide bonds. The van der Waals surface area contributed by atoms with E-state index in [2.05, 4.69) is 30.1 Å². The maximum Gasteiger partial charge on any atom is 0.243 e. The summed E-state index contributed by atoms with van der Waals surface area (Å²) in [5.74, 6) is 1.07. The third-order valence-electron chi connectivity index (χ3n) is 5.58. The number of aryl methyl sites for hydroxylation is 1. The molecular weight excluding hydrogens is 372 g/mol. The number of benzene rings is 2. The Hall–Kier alpha value is -2.31. The van der Waals surface area contributed by atoms with E-state index >= 15 is 0 Å². The fourth-order valence-corrected chi connectivity index (χ4v) is 5.70. The fourth-order valence-electron chi connectivity index (χ4n) is 4.23. The third kappa shape index (κ3) is 3.42. The Morgan fingerprint density at radius 1 is 1.07 bits per heavy atom. The quantitative estimate of drug-likeness (QED) is 0.691. The molecule has 0 saturated carbocycles. The minimum Gasteiger partial charge on any atom is -0.494 e. The van der Waals surface area contributed by atoms with Crippen LogP contribution in [0.3, 0.4) is 0 Å². The van der Waals surface area contributed by atoms with Gasteiger partial charge >= 0.3 is 0 Å². The van der Waals surface area contributed by atoms with Crippen molar-refractivity contribution < 1.29 is 13.2 Å². The number of hydrogen-bond acceptors (Lipinski definition) is 3. The summed E-state index contributed by atoms with van der Waals surface area (Å²) in [7, 11) is -3.47. The number of fused-ring (bicyclic) bond motifs is 1. The van der Waals surface area contributed by atoms with Crippen LogP contribution in [-0.4, -0.2) is 37.4 Å². The summed E-state index contributed by atoms with van der Waals surface area (Å²) in [6.07, 6.45) is 1.66. The molecule has 28 heavy (non-hydrogen) atoms. The number of piperidine rings is 1. The van der Waals surface area contributed by atoms with Crippen LogP contribution >= 0.6 is 0 Å². The lowest BCUT2D eigenvalue weighted by atomic mass is 9.88. The number of aromatic amines is 1. The molecule has 6 heteroatoms. The normalized spacial score (nSPS) is 16.5. The molecule has 0 aliphatic carbocycles. The van der Waals surface area contributed by atoms with Gasteiger partial charge in [0.05, 0.1) is 11.5 Å². The average Bonchev–Trinajstić information content (AvgIpc) is 3.04. The molecule has 2 aromatic carbocycles. The fraction of sp³-hybridized carbons (Fsp3) is 0.364. The van der Waals surface area contributed by atoms with Crippen LogP contribution in [0.4, 0.5) is 0 Å². The van der Waals surface area contributed by atoms with Gasteiger partial charge in [-0.2, -0.15) is 4.31 Å². The van der Waals surface area contributed by atoms with E-state index in [1.165, 1.54) is 16.6 Å². The summed E-state index contributed by atoms with van der Waals surface area (Å²) < 4.78 is 33.0. The van der Waals surface area contributed by atoms with Gasteiger partial charge in [-0.05, 0) is 68.5 Å². The number of H-pyrrole nitrogens is 1. The monoisotopic (exact) mass is 398 g/mol. The Morgan fingerprint density at radius 2 is 1.75 bits per heavy atom. The van der Waals surface area contributed by atoms with E-state index < -0.39 is 10.0 Å². The Balaban J connectivity index is 1.51. The first-order valence-corrected chi connectivity index (χ1v) is 11.2.